The van der Waals surface area contributed by atoms with Gasteiger partial charge in [0.25, 0.3) is 5.91 Å². The maximum Gasteiger partial charge on any atom is 0.272 e. The Bertz CT molecular complexity index is 1040. The lowest BCUT2D eigenvalue weighted by Crippen LogP contribution is -2.46. The molecule has 0 spiro atoms. The van der Waals surface area contributed by atoms with E-state index in [1.807, 2.05) is 24.0 Å². The summed E-state index contributed by atoms with van der Waals surface area (Å²) < 4.78 is 0. The predicted molar refractivity (Wildman–Crippen MR) is 128 cm³/mol. The third-order valence-electron chi connectivity index (χ3n) is 6.92. The van der Waals surface area contributed by atoms with E-state index in [0.29, 0.717) is 41.3 Å². The zero-order valence-electron chi connectivity index (χ0n) is 18.8. The Morgan fingerprint density at radius 1 is 1.06 bits per heavy atom. The minimum atomic E-state index is -0.209. The number of aromatic nitrogens is 2. The zero-order valence-corrected chi connectivity index (χ0v) is 20.3. The van der Waals surface area contributed by atoms with Gasteiger partial charge in [0, 0.05) is 36.9 Å². The first-order chi connectivity index (χ1) is 15.8. The number of hydrogen-bond acceptors (Lipinski definition) is 5. The third kappa shape index (κ3) is 5.48. The Kier molecular flexibility index (Phi) is 7.51. The van der Waals surface area contributed by atoms with Crippen LogP contribution in [-0.2, 0) is 17.6 Å². The van der Waals surface area contributed by atoms with Gasteiger partial charge in [-0.25, -0.2) is 9.97 Å². The van der Waals surface area contributed by atoms with Gasteiger partial charge in [-0.1, -0.05) is 29.3 Å². The number of carbonyl (C=O) groups excluding carboxylic acids is 2. The first kappa shape index (κ1) is 23.9. The summed E-state index contributed by atoms with van der Waals surface area (Å²) in [5.41, 5.74) is 8.70. The molecule has 4 rings (SSSR count). The Morgan fingerprint density at radius 3 is 2.48 bits per heavy atom. The van der Waals surface area contributed by atoms with Crippen molar-refractivity contribution in [3.05, 3.63) is 57.1 Å². The average Bonchev–Trinajstić information content (AvgIpc) is 3.31. The lowest BCUT2D eigenvalue weighted by atomic mass is 10.0. The van der Waals surface area contributed by atoms with Gasteiger partial charge in [-0.3, -0.25) is 14.5 Å². The number of aryl methyl sites for hydroxylation is 2. The standard InChI is InChI=1S/C24H29Cl2N5O2/c1-15-21(5-3-16-2-4-19(25)20(26)12-16)28-14-29-22(15)24(33)30-10-7-18(8-11-30)31-9-6-17(13-31)23(27)32/h2,4,12,14,17-18H,3,5-11,13H2,1H3,(H2,27,32)/t17-/m0/s1. The molecule has 0 saturated carbocycles. The Hall–Kier alpha value is -2.22. The highest BCUT2D eigenvalue weighted by Gasteiger charge is 2.34. The number of amides is 2. The molecule has 1 aromatic heterocycles. The summed E-state index contributed by atoms with van der Waals surface area (Å²) in [6.07, 6.45) is 5.53. The lowest BCUT2D eigenvalue weighted by Gasteiger charge is -2.36. The van der Waals surface area contributed by atoms with Crippen molar-refractivity contribution in [1.82, 2.24) is 19.8 Å². The van der Waals surface area contributed by atoms with Crippen molar-refractivity contribution in [1.29, 1.82) is 0 Å². The van der Waals surface area contributed by atoms with Crippen molar-refractivity contribution in [3.8, 4) is 0 Å². The second-order valence-corrected chi connectivity index (χ2v) is 9.76. The minimum Gasteiger partial charge on any atom is -0.369 e. The summed E-state index contributed by atoms with van der Waals surface area (Å²) in [7, 11) is 0. The first-order valence-electron chi connectivity index (χ1n) is 11.4. The molecule has 2 saturated heterocycles. The Balaban J connectivity index is 1.36. The van der Waals surface area contributed by atoms with Crippen LogP contribution < -0.4 is 5.73 Å². The van der Waals surface area contributed by atoms with E-state index in [4.69, 9.17) is 28.9 Å². The van der Waals surface area contributed by atoms with E-state index in [1.165, 1.54) is 6.33 Å². The number of halogens is 2. The van der Waals surface area contributed by atoms with Crippen molar-refractivity contribution in [2.24, 2.45) is 11.7 Å². The van der Waals surface area contributed by atoms with Gasteiger partial charge in [0.1, 0.15) is 12.0 Å². The van der Waals surface area contributed by atoms with E-state index in [2.05, 4.69) is 14.9 Å². The summed E-state index contributed by atoms with van der Waals surface area (Å²) in [5.74, 6) is -0.296. The van der Waals surface area contributed by atoms with Crippen molar-refractivity contribution >= 4 is 35.0 Å². The molecule has 1 atom stereocenters. The second kappa shape index (κ2) is 10.4. The number of rotatable bonds is 6. The molecular weight excluding hydrogens is 461 g/mol. The van der Waals surface area contributed by atoms with Crippen molar-refractivity contribution in [3.63, 3.8) is 0 Å². The summed E-state index contributed by atoms with van der Waals surface area (Å²) in [6, 6.07) is 6.00. The number of likely N-dealkylation sites (tertiary alicyclic amines) is 2. The summed E-state index contributed by atoms with van der Waals surface area (Å²) in [4.78, 5) is 37.7. The van der Waals surface area contributed by atoms with Crippen molar-refractivity contribution in [2.75, 3.05) is 26.2 Å². The topological polar surface area (TPSA) is 92.4 Å². The molecule has 9 heteroatoms. The minimum absolute atomic E-state index is 0.0411. The number of benzene rings is 1. The smallest absolute Gasteiger partial charge is 0.272 e. The van der Waals surface area contributed by atoms with Crippen LogP contribution in [-0.4, -0.2) is 63.8 Å². The molecule has 2 fully saturated rings. The fraction of sp³-hybridized carbons (Fsp3) is 0.500. The number of piperidine rings is 1. The molecule has 2 amide bonds. The van der Waals surface area contributed by atoms with Gasteiger partial charge in [0.15, 0.2) is 0 Å². The molecule has 0 aliphatic carbocycles. The van der Waals surface area contributed by atoms with Crippen molar-refractivity contribution in [2.45, 2.75) is 45.1 Å². The number of carbonyl (C=O) groups is 2. The van der Waals surface area contributed by atoms with Crippen LogP contribution in [0.15, 0.2) is 24.5 Å². The fourth-order valence-electron chi connectivity index (χ4n) is 4.85. The van der Waals surface area contributed by atoms with Crippen LogP contribution in [0.4, 0.5) is 0 Å². The third-order valence-corrected chi connectivity index (χ3v) is 7.65. The van der Waals surface area contributed by atoms with Gasteiger partial charge in [-0.2, -0.15) is 0 Å². The van der Waals surface area contributed by atoms with Gasteiger partial charge < -0.3 is 10.6 Å². The normalized spacial score (nSPS) is 19.7. The maximum absolute atomic E-state index is 13.2. The molecule has 2 aliphatic heterocycles. The molecule has 3 heterocycles. The van der Waals surface area contributed by atoms with Crippen LogP contribution in [0.25, 0.3) is 0 Å². The molecule has 0 radical (unpaired) electrons. The molecule has 1 aromatic carbocycles. The molecule has 0 bridgehead atoms. The van der Waals surface area contributed by atoms with E-state index >= 15 is 0 Å². The molecule has 33 heavy (non-hydrogen) atoms. The number of nitrogens with zero attached hydrogens (tertiary/aromatic N) is 4. The van der Waals surface area contributed by atoms with Crippen molar-refractivity contribution < 1.29 is 9.59 Å². The van der Waals surface area contributed by atoms with Crippen LogP contribution in [0.3, 0.4) is 0 Å². The SMILES string of the molecule is Cc1c(CCc2ccc(Cl)c(Cl)c2)ncnc1C(=O)N1CCC(N2CC[C@H](C(N)=O)C2)CC1. The van der Waals surface area contributed by atoms with E-state index in [9.17, 15) is 9.59 Å². The van der Waals surface area contributed by atoms with Crippen LogP contribution in [0.2, 0.25) is 10.0 Å². The maximum atomic E-state index is 13.2. The van der Waals surface area contributed by atoms with Crippen LogP contribution in [0.5, 0.6) is 0 Å². The highest BCUT2D eigenvalue weighted by atomic mass is 35.5. The van der Waals surface area contributed by atoms with E-state index in [1.54, 1.807) is 6.07 Å². The Morgan fingerprint density at radius 2 is 1.82 bits per heavy atom. The monoisotopic (exact) mass is 489 g/mol. The van der Waals surface area contributed by atoms with Crippen LogP contribution >= 0.6 is 23.2 Å². The van der Waals surface area contributed by atoms with Gasteiger partial charge in [0.2, 0.25) is 5.91 Å². The van der Waals surface area contributed by atoms with Gasteiger partial charge in [-0.15, -0.1) is 0 Å². The first-order valence-corrected chi connectivity index (χ1v) is 12.2. The largest absolute Gasteiger partial charge is 0.369 e. The highest BCUT2D eigenvalue weighted by Crippen LogP contribution is 2.26. The van der Waals surface area contributed by atoms with E-state index < -0.39 is 0 Å². The molecular formula is C24H29Cl2N5O2. The number of nitrogens with two attached hydrogens (primary N) is 1. The zero-order chi connectivity index (χ0) is 23.5. The Labute approximate surface area is 204 Å². The summed E-state index contributed by atoms with van der Waals surface area (Å²) in [6.45, 7) is 4.92. The summed E-state index contributed by atoms with van der Waals surface area (Å²) in [5, 5.41) is 1.07. The van der Waals surface area contributed by atoms with Crippen LogP contribution in [0.1, 0.15) is 46.6 Å². The van der Waals surface area contributed by atoms with E-state index in [-0.39, 0.29) is 17.7 Å². The lowest BCUT2D eigenvalue weighted by molar-refractivity contribution is -0.121. The second-order valence-electron chi connectivity index (χ2n) is 8.95. The molecule has 7 nitrogen and oxygen atoms in total. The summed E-state index contributed by atoms with van der Waals surface area (Å²) >= 11 is 12.1. The highest BCUT2D eigenvalue weighted by molar-refractivity contribution is 6.42. The van der Waals surface area contributed by atoms with Gasteiger partial charge >= 0.3 is 0 Å². The molecule has 2 aromatic rings. The van der Waals surface area contributed by atoms with Gasteiger partial charge in [0.05, 0.1) is 16.0 Å². The van der Waals surface area contributed by atoms with Gasteiger partial charge in [-0.05, 0) is 63.3 Å². The quantitative estimate of drug-likeness (QED) is 0.671. The van der Waals surface area contributed by atoms with E-state index in [0.717, 1.165) is 55.6 Å². The number of hydrogen-bond donors (Lipinski definition) is 1. The average molecular weight is 490 g/mol. The molecule has 2 aliphatic rings. The number of primary amides is 1. The molecule has 0 unspecified atom stereocenters. The fourth-order valence-corrected chi connectivity index (χ4v) is 5.17. The molecule has 176 valence electrons. The molecule has 2 N–H and O–H groups in total. The predicted octanol–water partition coefficient (Wildman–Crippen LogP) is 3.29. The van der Waals surface area contributed by atoms with Crippen LogP contribution in [0, 0.1) is 12.8 Å².